The van der Waals surface area contributed by atoms with Crippen molar-refractivity contribution in [1.29, 1.82) is 0 Å². The predicted molar refractivity (Wildman–Crippen MR) is 104 cm³/mol. The molecule has 0 saturated carbocycles. The number of rotatable bonds is 7. The molecule has 0 bridgehead atoms. The molecular weight excluding hydrogens is 381 g/mol. The third kappa shape index (κ3) is 5.71. The van der Waals surface area contributed by atoms with Crippen molar-refractivity contribution in [2.24, 2.45) is 0 Å². The fourth-order valence-corrected chi connectivity index (χ4v) is 3.72. The number of hydrogen-bond donors (Lipinski definition) is 0. The third-order valence-corrected chi connectivity index (χ3v) is 5.10. The monoisotopic (exact) mass is 406 g/mol. The second-order valence-electron chi connectivity index (χ2n) is 7.31. The maximum Gasteiger partial charge on any atom is 0.406 e. The molecule has 1 atom stereocenters. The van der Waals surface area contributed by atoms with Crippen LogP contribution in [0.4, 0.5) is 13.2 Å². The Morgan fingerprint density at radius 2 is 2.03 bits per heavy atom. The van der Waals surface area contributed by atoms with Crippen LogP contribution in [-0.4, -0.2) is 35.1 Å². The van der Waals surface area contributed by atoms with E-state index < -0.39 is 24.7 Å². The highest BCUT2D eigenvalue weighted by molar-refractivity contribution is 5.76. The molecule has 0 radical (unpaired) electrons. The van der Waals surface area contributed by atoms with Gasteiger partial charge in [-0.25, -0.2) is 0 Å². The first-order valence-electron chi connectivity index (χ1n) is 9.83. The zero-order valence-electron chi connectivity index (χ0n) is 16.4. The summed E-state index contributed by atoms with van der Waals surface area (Å²) >= 11 is 0. The first-order valence-corrected chi connectivity index (χ1v) is 9.83. The van der Waals surface area contributed by atoms with Gasteiger partial charge in [-0.1, -0.05) is 24.3 Å². The Hall–Kier alpha value is -2.57. The molecule has 2 aromatic rings. The summed E-state index contributed by atoms with van der Waals surface area (Å²) in [5, 5.41) is 0. The lowest BCUT2D eigenvalue weighted by atomic mass is 9.90. The molecule has 1 aromatic heterocycles. The maximum absolute atomic E-state index is 13.2. The van der Waals surface area contributed by atoms with Crippen molar-refractivity contribution in [3.8, 4) is 5.75 Å². The maximum atomic E-state index is 13.2. The molecule has 0 spiro atoms. The molecule has 0 saturated heterocycles. The minimum absolute atomic E-state index is 0.000623. The van der Waals surface area contributed by atoms with E-state index in [0.717, 1.165) is 34.6 Å². The number of ether oxygens (including phenoxy) is 1. The van der Waals surface area contributed by atoms with Crippen molar-refractivity contribution in [2.75, 3.05) is 13.2 Å². The average molecular weight is 406 g/mol. The largest absolute Gasteiger partial charge is 0.493 e. The summed E-state index contributed by atoms with van der Waals surface area (Å²) in [7, 11) is 0. The van der Waals surface area contributed by atoms with Crippen molar-refractivity contribution in [3.63, 3.8) is 0 Å². The summed E-state index contributed by atoms with van der Waals surface area (Å²) < 4.78 is 45.3. The van der Waals surface area contributed by atoms with E-state index in [1.165, 1.54) is 0 Å². The molecule has 156 valence electrons. The van der Waals surface area contributed by atoms with Crippen molar-refractivity contribution >= 4 is 5.91 Å². The van der Waals surface area contributed by atoms with E-state index >= 15 is 0 Å². The minimum atomic E-state index is -4.46. The lowest BCUT2D eigenvalue weighted by molar-refractivity contribution is -0.167. The van der Waals surface area contributed by atoms with Gasteiger partial charge in [-0.05, 0) is 55.9 Å². The van der Waals surface area contributed by atoms with Gasteiger partial charge in [0.15, 0.2) is 0 Å². The molecule has 7 heteroatoms. The molecule has 0 aliphatic heterocycles. The highest BCUT2D eigenvalue weighted by atomic mass is 19.4. The van der Waals surface area contributed by atoms with Crippen LogP contribution in [0.1, 0.15) is 48.5 Å². The standard InChI is InChI=1S/C22H25F3N2O2/c1-16-7-2-3-11-19(16)29-14-6-12-20(28)27(15-22(23,24)25)18-10-4-8-17-9-5-13-26-21(17)18/h2-3,5,7,9,11,13,18H,4,6,8,10,12,14-15H2,1H3/t18-/m0/s1. The summed E-state index contributed by atoms with van der Waals surface area (Å²) in [6.45, 7) is 0.931. The van der Waals surface area contributed by atoms with Gasteiger partial charge in [0.05, 0.1) is 18.3 Å². The van der Waals surface area contributed by atoms with Gasteiger partial charge in [-0.15, -0.1) is 0 Å². The molecule has 0 unspecified atom stereocenters. The van der Waals surface area contributed by atoms with Crippen molar-refractivity contribution in [2.45, 2.75) is 51.2 Å². The fourth-order valence-electron chi connectivity index (χ4n) is 3.72. The topological polar surface area (TPSA) is 42.4 Å². The Bertz CT molecular complexity index is 839. The van der Waals surface area contributed by atoms with E-state index in [9.17, 15) is 18.0 Å². The number of amides is 1. The Morgan fingerprint density at radius 3 is 2.79 bits per heavy atom. The van der Waals surface area contributed by atoms with Crippen LogP contribution in [0.3, 0.4) is 0 Å². The number of nitrogens with zero attached hydrogens (tertiary/aromatic N) is 2. The molecule has 3 rings (SSSR count). The number of para-hydroxylation sites is 1. The number of fused-ring (bicyclic) bond motifs is 1. The van der Waals surface area contributed by atoms with E-state index in [0.29, 0.717) is 18.5 Å². The normalized spacial score (nSPS) is 16.2. The molecule has 1 aromatic carbocycles. The van der Waals surface area contributed by atoms with Crippen molar-refractivity contribution in [3.05, 3.63) is 59.4 Å². The summed E-state index contributed by atoms with van der Waals surface area (Å²) in [6.07, 6.45) is -0.530. The van der Waals surface area contributed by atoms with E-state index in [1.54, 1.807) is 12.3 Å². The molecule has 1 heterocycles. The molecule has 1 amide bonds. The van der Waals surface area contributed by atoms with Crippen molar-refractivity contribution < 1.29 is 22.7 Å². The fraction of sp³-hybridized carbons (Fsp3) is 0.455. The number of aromatic nitrogens is 1. The summed E-state index contributed by atoms with van der Waals surface area (Å²) in [6, 6.07) is 10.5. The zero-order valence-corrected chi connectivity index (χ0v) is 16.4. The van der Waals surface area contributed by atoms with Crippen LogP contribution in [0.5, 0.6) is 5.75 Å². The van der Waals surface area contributed by atoms with Gasteiger partial charge in [0, 0.05) is 12.6 Å². The van der Waals surface area contributed by atoms with E-state index in [2.05, 4.69) is 4.98 Å². The quantitative estimate of drug-likeness (QED) is 0.607. The number of aryl methyl sites for hydroxylation is 2. The first-order chi connectivity index (χ1) is 13.8. The molecular formula is C22H25F3N2O2. The van der Waals surface area contributed by atoms with Gasteiger partial charge >= 0.3 is 6.18 Å². The highest BCUT2D eigenvalue weighted by Gasteiger charge is 2.38. The van der Waals surface area contributed by atoms with Crippen LogP contribution >= 0.6 is 0 Å². The lowest BCUT2D eigenvalue weighted by Crippen LogP contribution is -2.43. The molecule has 0 N–H and O–H groups in total. The van der Waals surface area contributed by atoms with Gasteiger partial charge in [-0.3, -0.25) is 9.78 Å². The second-order valence-corrected chi connectivity index (χ2v) is 7.31. The Kier molecular flexibility index (Phi) is 6.77. The minimum Gasteiger partial charge on any atom is -0.493 e. The van der Waals surface area contributed by atoms with Crippen LogP contribution < -0.4 is 4.74 Å². The van der Waals surface area contributed by atoms with Gasteiger partial charge in [-0.2, -0.15) is 13.2 Å². The van der Waals surface area contributed by atoms with E-state index in [1.807, 2.05) is 37.3 Å². The van der Waals surface area contributed by atoms with Crippen LogP contribution in [0.15, 0.2) is 42.6 Å². The highest BCUT2D eigenvalue weighted by Crippen LogP contribution is 2.35. The first kappa shape index (κ1) is 21.1. The van der Waals surface area contributed by atoms with Crippen LogP contribution in [0, 0.1) is 6.92 Å². The third-order valence-electron chi connectivity index (χ3n) is 5.10. The van der Waals surface area contributed by atoms with Gasteiger partial charge in [0.2, 0.25) is 5.91 Å². The van der Waals surface area contributed by atoms with Gasteiger partial charge in [0.25, 0.3) is 0 Å². The number of pyridine rings is 1. The molecule has 1 aliphatic carbocycles. The summed E-state index contributed by atoms with van der Waals surface area (Å²) in [4.78, 5) is 18.0. The zero-order chi connectivity index (χ0) is 20.9. The number of hydrogen-bond acceptors (Lipinski definition) is 3. The van der Waals surface area contributed by atoms with Crippen LogP contribution in [0.2, 0.25) is 0 Å². The van der Waals surface area contributed by atoms with Crippen molar-refractivity contribution in [1.82, 2.24) is 9.88 Å². The Balaban J connectivity index is 1.66. The Morgan fingerprint density at radius 1 is 1.24 bits per heavy atom. The summed E-state index contributed by atoms with van der Waals surface area (Å²) in [5.74, 6) is 0.205. The predicted octanol–water partition coefficient (Wildman–Crippen LogP) is 5.02. The number of carbonyl (C=O) groups is 1. The number of carbonyl (C=O) groups excluding carboxylic acids is 1. The average Bonchev–Trinajstić information content (AvgIpc) is 2.69. The number of benzene rings is 1. The van der Waals surface area contributed by atoms with E-state index in [4.69, 9.17) is 4.74 Å². The number of alkyl halides is 3. The SMILES string of the molecule is Cc1ccccc1OCCCC(=O)N(CC(F)(F)F)[C@H]1CCCc2cccnc21. The van der Waals surface area contributed by atoms with Gasteiger partial charge < -0.3 is 9.64 Å². The number of halogens is 3. The Labute approximate surface area is 168 Å². The molecule has 1 aliphatic rings. The van der Waals surface area contributed by atoms with Gasteiger partial charge in [0.1, 0.15) is 12.3 Å². The molecule has 29 heavy (non-hydrogen) atoms. The smallest absolute Gasteiger partial charge is 0.406 e. The molecule has 4 nitrogen and oxygen atoms in total. The van der Waals surface area contributed by atoms with Crippen LogP contribution in [-0.2, 0) is 11.2 Å². The van der Waals surface area contributed by atoms with E-state index in [-0.39, 0.29) is 13.0 Å². The lowest BCUT2D eigenvalue weighted by Gasteiger charge is -2.35. The summed E-state index contributed by atoms with van der Waals surface area (Å²) in [5.41, 5.74) is 2.49. The second kappa shape index (κ2) is 9.29. The van der Waals surface area contributed by atoms with Crippen LogP contribution in [0.25, 0.3) is 0 Å². The molecule has 0 fully saturated rings.